The predicted octanol–water partition coefficient (Wildman–Crippen LogP) is 3.59. The Balaban J connectivity index is 2.25. The van der Waals surface area contributed by atoms with Crippen molar-refractivity contribution >= 4 is 18.0 Å². The number of nitrogens with zero attached hydrogens (tertiary/aromatic N) is 2. The molecule has 2 aromatic rings. The van der Waals surface area contributed by atoms with E-state index in [0.29, 0.717) is 12.2 Å². The van der Waals surface area contributed by atoms with E-state index in [4.69, 9.17) is 4.74 Å². The van der Waals surface area contributed by atoms with Gasteiger partial charge in [-0.25, -0.2) is 4.79 Å². The normalized spacial score (nSPS) is 12.2. The molecule has 0 bridgehead atoms. The fourth-order valence-corrected chi connectivity index (χ4v) is 3.18. The molecule has 1 unspecified atom stereocenters. The Morgan fingerprint density at radius 1 is 1.30 bits per heavy atom. The quantitative estimate of drug-likeness (QED) is 0.598. The van der Waals surface area contributed by atoms with Crippen LogP contribution in [0.1, 0.15) is 59.7 Å². The Bertz CT molecular complexity index is 838. The zero-order valence-electron chi connectivity index (χ0n) is 16.6. The van der Waals surface area contributed by atoms with E-state index in [1.54, 1.807) is 25.4 Å². The minimum Gasteiger partial charge on any atom is -0.462 e. The molecule has 6 heteroatoms. The Kier molecular flexibility index (Phi) is 6.93. The van der Waals surface area contributed by atoms with Crippen molar-refractivity contribution < 1.29 is 14.3 Å². The number of esters is 1. The van der Waals surface area contributed by atoms with Crippen LogP contribution in [-0.2, 0) is 16.1 Å². The lowest BCUT2D eigenvalue weighted by atomic mass is 10.1. The second-order valence-corrected chi connectivity index (χ2v) is 6.27. The number of rotatable bonds is 7. The summed E-state index contributed by atoms with van der Waals surface area (Å²) in [5, 5.41) is 2.91. The number of amides is 1. The third kappa shape index (κ3) is 4.64. The van der Waals surface area contributed by atoms with E-state index >= 15 is 0 Å². The van der Waals surface area contributed by atoms with E-state index in [-0.39, 0.29) is 17.9 Å². The first-order chi connectivity index (χ1) is 12.9. The number of carbonyl (C=O) groups is 2. The van der Waals surface area contributed by atoms with Crippen LogP contribution in [0.5, 0.6) is 0 Å². The number of ether oxygens (including phenoxy) is 1. The number of carbonyl (C=O) groups excluding carboxylic acids is 2. The van der Waals surface area contributed by atoms with Crippen molar-refractivity contribution in [3.8, 4) is 0 Å². The molecule has 0 aliphatic heterocycles. The third-order valence-electron chi connectivity index (χ3n) is 4.57. The van der Waals surface area contributed by atoms with E-state index in [9.17, 15) is 9.59 Å². The van der Waals surface area contributed by atoms with Gasteiger partial charge in [-0.3, -0.25) is 9.78 Å². The summed E-state index contributed by atoms with van der Waals surface area (Å²) in [5.41, 5.74) is 3.94. The molecule has 1 atom stereocenters. The maximum Gasteiger partial charge on any atom is 0.340 e. The Hall–Kier alpha value is -2.89. The topological polar surface area (TPSA) is 73.2 Å². The molecule has 0 fully saturated rings. The van der Waals surface area contributed by atoms with Crippen LogP contribution in [0.3, 0.4) is 0 Å². The number of pyridine rings is 1. The SMILES string of the molecule is CCOC(=O)c1c(/C=C/C(=O)NC(C)c2cccnc2)c(C)n(CC)c1C. The molecule has 144 valence electrons. The van der Waals surface area contributed by atoms with Gasteiger partial charge >= 0.3 is 5.97 Å². The van der Waals surface area contributed by atoms with Crippen molar-refractivity contribution in [2.24, 2.45) is 0 Å². The summed E-state index contributed by atoms with van der Waals surface area (Å²) in [6.45, 7) is 10.6. The van der Waals surface area contributed by atoms with Crippen LogP contribution >= 0.6 is 0 Å². The minimum atomic E-state index is -0.367. The van der Waals surface area contributed by atoms with Crippen LogP contribution in [0.2, 0.25) is 0 Å². The Morgan fingerprint density at radius 2 is 2.04 bits per heavy atom. The van der Waals surface area contributed by atoms with Gasteiger partial charge in [0.1, 0.15) is 0 Å². The second kappa shape index (κ2) is 9.16. The van der Waals surface area contributed by atoms with E-state index in [1.807, 2.05) is 44.4 Å². The van der Waals surface area contributed by atoms with Gasteiger partial charge in [0.25, 0.3) is 0 Å². The molecule has 1 amide bonds. The van der Waals surface area contributed by atoms with Gasteiger partial charge in [0.15, 0.2) is 0 Å². The lowest BCUT2D eigenvalue weighted by molar-refractivity contribution is -0.117. The first kappa shape index (κ1) is 20.4. The van der Waals surface area contributed by atoms with Crippen LogP contribution in [0, 0.1) is 13.8 Å². The van der Waals surface area contributed by atoms with Crippen LogP contribution < -0.4 is 5.32 Å². The summed E-state index contributed by atoms with van der Waals surface area (Å²) in [5.74, 6) is -0.600. The highest BCUT2D eigenvalue weighted by Crippen LogP contribution is 2.25. The number of hydrogen-bond donors (Lipinski definition) is 1. The molecule has 6 nitrogen and oxygen atoms in total. The molecular weight excluding hydrogens is 342 g/mol. The van der Waals surface area contributed by atoms with E-state index in [0.717, 1.165) is 29.1 Å². The molecule has 2 rings (SSSR count). The molecule has 27 heavy (non-hydrogen) atoms. The van der Waals surface area contributed by atoms with Gasteiger partial charge in [-0.1, -0.05) is 6.07 Å². The average Bonchev–Trinajstić information content (AvgIpc) is 2.90. The molecule has 0 aromatic carbocycles. The van der Waals surface area contributed by atoms with Gasteiger partial charge in [-0.2, -0.15) is 0 Å². The molecule has 0 aliphatic rings. The van der Waals surface area contributed by atoms with Gasteiger partial charge in [0.2, 0.25) is 5.91 Å². The van der Waals surface area contributed by atoms with Crippen LogP contribution in [0.15, 0.2) is 30.6 Å². The standard InChI is InChI=1S/C21H27N3O3/c1-6-24-15(4)18(20(16(24)5)21(26)27-7-2)10-11-19(25)23-14(3)17-9-8-12-22-13-17/h8-14H,6-7H2,1-5H3,(H,23,25)/b11-10+. The van der Waals surface area contributed by atoms with Crippen molar-refractivity contribution in [2.75, 3.05) is 6.61 Å². The maximum absolute atomic E-state index is 12.4. The van der Waals surface area contributed by atoms with Crippen LogP contribution in [0.25, 0.3) is 6.08 Å². The number of hydrogen-bond acceptors (Lipinski definition) is 4. The molecule has 0 spiro atoms. The molecule has 0 radical (unpaired) electrons. The van der Waals surface area contributed by atoms with Crippen LogP contribution in [-0.4, -0.2) is 28.0 Å². The number of nitrogens with one attached hydrogen (secondary N) is 1. The first-order valence-electron chi connectivity index (χ1n) is 9.15. The average molecular weight is 369 g/mol. The van der Waals surface area contributed by atoms with Crippen molar-refractivity contribution in [1.82, 2.24) is 14.9 Å². The van der Waals surface area contributed by atoms with Gasteiger partial charge in [-0.15, -0.1) is 0 Å². The summed E-state index contributed by atoms with van der Waals surface area (Å²) < 4.78 is 7.24. The Labute approximate surface area is 160 Å². The van der Waals surface area contributed by atoms with Crippen LogP contribution in [0.4, 0.5) is 0 Å². The van der Waals surface area contributed by atoms with Gasteiger partial charge in [0.05, 0.1) is 18.2 Å². The Morgan fingerprint density at radius 3 is 2.63 bits per heavy atom. The molecule has 0 aliphatic carbocycles. The van der Waals surface area contributed by atoms with Crippen molar-refractivity contribution in [1.29, 1.82) is 0 Å². The monoisotopic (exact) mass is 369 g/mol. The first-order valence-corrected chi connectivity index (χ1v) is 9.15. The fourth-order valence-electron chi connectivity index (χ4n) is 3.18. The summed E-state index contributed by atoms with van der Waals surface area (Å²) in [6.07, 6.45) is 6.56. The molecule has 1 N–H and O–H groups in total. The minimum absolute atomic E-state index is 0.163. The van der Waals surface area contributed by atoms with Crippen molar-refractivity contribution in [3.63, 3.8) is 0 Å². The highest BCUT2D eigenvalue weighted by Gasteiger charge is 2.22. The van der Waals surface area contributed by atoms with Gasteiger partial charge in [0, 0.05) is 42.0 Å². The maximum atomic E-state index is 12.4. The van der Waals surface area contributed by atoms with Crippen molar-refractivity contribution in [3.05, 3.63) is 58.7 Å². The summed E-state index contributed by atoms with van der Waals surface area (Å²) in [7, 11) is 0. The third-order valence-corrected chi connectivity index (χ3v) is 4.57. The second-order valence-electron chi connectivity index (χ2n) is 6.27. The predicted molar refractivity (Wildman–Crippen MR) is 105 cm³/mol. The highest BCUT2D eigenvalue weighted by atomic mass is 16.5. The smallest absolute Gasteiger partial charge is 0.340 e. The molecule has 0 saturated heterocycles. The molecule has 2 heterocycles. The van der Waals surface area contributed by atoms with E-state index in [1.165, 1.54) is 6.08 Å². The molecular formula is C21H27N3O3. The van der Waals surface area contributed by atoms with E-state index in [2.05, 4.69) is 10.3 Å². The summed E-state index contributed by atoms with van der Waals surface area (Å²) in [6, 6.07) is 3.58. The van der Waals surface area contributed by atoms with E-state index < -0.39 is 0 Å². The zero-order valence-corrected chi connectivity index (χ0v) is 16.6. The zero-order chi connectivity index (χ0) is 20.0. The highest BCUT2D eigenvalue weighted by molar-refractivity contribution is 5.98. The lowest BCUT2D eigenvalue weighted by Crippen LogP contribution is -2.24. The van der Waals surface area contributed by atoms with Gasteiger partial charge < -0.3 is 14.6 Å². The summed E-state index contributed by atoms with van der Waals surface area (Å²) in [4.78, 5) is 28.8. The lowest BCUT2D eigenvalue weighted by Gasteiger charge is -2.12. The summed E-state index contributed by atoms with van der Waals surface area (Å²) >= 11 is 0. The molecule has 2 aromatic heterocycles. The van der Waals surface area contributed by atoms with Crippen molar-refractivity contribution in [2.45, 2.75) is 47.2 Å². The molecule has 0 saturated carbocycles. The number of aromatic nitrogens is 2. The largest absolute Gasteiger partial charge is 0.462 e. The van der Waals surface area contributed by atoms with Gasteiger partial charge in [-0.05, 0) is 52.3 Å². The fraction of sp³-hybridized carbons (Fsp3) is 0.381.